The molecule has 0 radical (unpaired) electrons. The van der Waals surface area contributed by atoms with Crippen LogP contribution < -0.4 is 11.5 Å². The molecule has 26 heavy (non-hydrogen) atoms. The van der Waals surface area contributed by atoms with E-state index >= 15 is 0 Å². The molecule has 0 spiro atoms. The van der Waals surface area contributed by atoms with E-state index in [-0.39, 0.29) is 5.82 Å². The van der Waals surface area contributed by atoms with E-state index < -0.39 is 5.82 Å². The van der Waals surface area contributed by atoms with Gasteiger partial charge in [-0.3, -0.25) is 10.1 Å². The van der Waals surface area contributed by atoms with E-state index in [2.05, 4.69) is 20.3 Å². The smallest absolute Gasteiger partial charge is 0.180 e. The molecule has 0 bridgehead atoms. The Balaban J connectivity index is 1.98. The van der Waals surface area contributed by atoms with Gasteiger partial charge in [0.15, 0.2) is 11.4 Å². The second kappa shape index (κ2) is 6.34. The number of pyridine rings is 1. The Hall–Kier alpha value is -3.07. The fourth-order valence-corrected chi connectivity index (χ4v) is 3.54. The monoisotopic (exact) mass is 370 g/mol. The number of H-pyrrole nitrogens is 1. The molecule has 3 heterocycles. The topological polar surface area (TPSA) is 120 Å². The van der Waals surface area contributed by atoms with Crippen LogP contribution in [0.4, 0.5) is 15.9 Å². The molecular formula is C17H15FN6OS. The average molecular weight is 370 g/mol. The highest BCUT2D eigenvalue weighted by molar-refractivity contribution is 7.99. The molecule has 1 aromatic carbocycles. The summed E-state index contributed by atoms with van der Waals surface area (Å²) in [6, 6.07) is 2.99. The average Bonchev–Trinajstić information content (AvgIpc) is 3.28. The van der Waals surface area contributed by atoms with Crippen LogP contribution in [0.2, 0.25) is 0 Å². The number of aromatic amines is 1. The number of hydrogen-bond acceptors (Lipinski definition) is 7. The summed E-state index contributed by atoms with van der Waals surface area (Å²) in [4.78, 5) is 5.23. The van der Waals surface area contributed by atoms with Crippen molar-refractivity contribution in [1.29, 1.82) is 0 Å². The van der Waals surface area contributed by atoms with Crippen LogP contribution in [0, 0.1) is 5.82 Å². The third-order valence-corrected chi connectivity index (χ3v) is 4.94. The predicted octanol–water partition coefficient (Wildman–Crippen LogP) is 3.70. The van der Waals surface area contributed by atoms with E-state index in [0.717, 1.165) is 16.2 Å². The molecule has 7 nitrogen and oxygen atoms in total. The van der Waals surface area contributed by atoms with Gasteiger partial charge in [-0.25, -0.2) is 4.39 Å². The van der Waals surface area contributed by atoms with Crippen molar-refractivity contribution < 1.29 is 8.91 Å². The molecule has 0 atom stereocenters. The van der Waals surface area contributed by atoms with Gasteiger partial charge >= 0.3 is 0 Å². The minimum atomic E-state index is -0.478. The number of nitrogens with zero attached hydrogens (tertiary/aromatic N) is 3. The molecule has 0 saturated heterocycles. The number of nitrogen functional groups attached to an aromatic ring is 2. The number of thioether (sulfide) groups is 1. The molecule has 0 saturated carbocycles. The van der Waals surface area contributed by atoms with Crippen LogP contribution in [0.5, 0.6) is 0 Å². The number of hydrogen-bond donors (Lipinski definition) is 3. The van der Waals surface area contributed by atoms with Gasteiger partial charge in [0.1, 0.15) is 5.82 Å². The van der Waals surface area contributed by atoms with E-state index in [1.54, 1.807) is 24.7 Å². The molecule has 0 aliphatic heterocycles. The molecule has 4 rings (SSSR count). The quantitative estimate of drug-likeness (QED) is 0.370. The van der Waals surface area contributed by atoms with Crippen molar-refractivity contribution in [2.45, 2.75) is 11.8 Å². The highest BCUT2D eigenvalue weighted by Crippen LogP contribution is 2.39. The van der Waals surface area contributed by atoms with Gasteiger partial charge in [0.25, 0.3) is 0 Å². The van der Waals surface area contributed by atoms with Crippen molar-refractivity contribution in [3.05, 3.63) is 36.5 Å². The lowest BCUT2D eigenvalue weighted by Gasteiger charge is -2.10. The summed E-state index contributed by atoms with van der Waals surface area (Å²) in [7, 11) is 0. The molecule has 0 unspecified atom stereocenters. The summed E-state index contributed by atoms with van der Waals surface area (Å²) >= 11 is 1.53. The van der Waals surface area contributed by atoms with Crippen molar-refractivity contribution in [2.75, 3.05) is 17.2 Å². The summed E-state index contributed by atoms with van der Waals surface area (Å²) in [5.41, 5.74) is 14.8. The molecule has 0 aliphatic carbocycles. The first kappa shape index (κ1) is 16.4. The van der Waals surface area contributed by atoms with Gasteiger partial charge in [0.2, 0.25) is 0 Å². The fourth-order valence-electron chi connectivity index (χ4n) is 2.81. The Bertz CT molecular complexity index is 1090. The van der Waals surface area contributed by atoms with E-state index in [1.165, 1.54) is 17.8 Å². The third-order valence-electron chi connectivity index (χ3n) is 3.99. The van der Waals surface area contributed by atoms with Crippen molar-refractivity contribution in [3.63, 3.8) is 0 Å². The first-order valence-corrected chi connectivity index (χ1v) is 8.84. The van der Waals surface area contributed by atoms with Gasteiger partial charge in [-0.15, -0.1) is 11.8 Å². The number of halogens is 1. The normalized spacial score (nSPS) is 11.3. The zero-order valence-electron chi connectivity index (χ0n) is 13.8. The lowest BCUT2D eigenvalue weighted by molar-refractivity contribution is 0.461. The SMILES string of the molecule is CCSc1cc(-c2ncc(-c3cn[nH]c3)c3onc(N)c23)c(F)cc1N. The second-order valence-corrected chi connectivity index (χ2v) is 6.89. The number of nitrogens with one attached hydrogen (secondary N) is 1. The Morgan fingerprint density at radius 1 is 1.23 bits per heavy atom. The number of benzene rings is 1. The van der Waals surface area contributed by atoms with Gasteiger partial charge in [-0.2, -0.15) is 5.10 Å². The highest BCUT2D eigenvalue weighted by Gasteiger charge is 2.21. The van der Waals surface area contributed by atoms with E-state index in [0.29, 0.717) is 33.5 Å². The summed E-state index contributed by atoms with van der Waals surface area (Å²) in [6.45, 7) is 2.00. The number of nitrogens with two attached hydrogens (primary N) is 2. The third kappa shape index (κ3) is 2.57. The number of rotatable bonds is 4. The number of aromatic nitrogens is 4. The highest BCUT2D eigenvalue weighted by atomic mass is 32.2. The van der Waals surface area contributed by atoms with Gasteiger partial charge in [-0.05, 0) is 17.9 Å². The van der Waals surface area contributed by atoms with Crippen LogP contribution in [0.1, 0.15) is 6.92 Å². The number of anilines is 2. The summed E-state index contributed by atoms with van der Waals surface area (Å²) < 4.78 is 20.1. The maximum atomic E-state index is 14.7. The summed E-state index contributed by atoms with van der Waals surface area (Å²) in [6.07, 6.45) is 4.93. The standard InChI is InChI=1S/C17H15FN6OS/c1-2-26-13-3-9(11(18)4-12(13)19)15-14-16(25-24-17(14)20)10(7-21-15)8-5-22-23-6-8/h3-7H,2,19H2,1H3,(H2,20,24)(H,22,23). The minimum Gasteiger partial charge on any atom is -0.398 e. The predicted molar refractivity (Wildman–Crippen MR) is 100 cm³/mol. The van der Waals surface area contributed by atoms with Crippen LogP contribution in [0.3, 0.4) is 0 Å². The van der Waals surface area contributed by atoms with Gasteiger partial charge in [0.05, 0.1) is 17.3 Å². The van der Waals surface area contributed by atoms with Crippen LogP contribution in [-0.2, 0) is 0 Å². The summed E-state index contributed by atoms with van der Waals surface area (Å²) in [5.74, 6) is 0.481. The first-order chi connectivity index (χ1) is 12.6. The van der Waals surface area contributed by atoms with Crippen LogP contribution >= 0.6 is 11.8 Å². The first-order valence-electron chi connectivity index (χ1n) is 7.85. The second-order valence-electron chi connectivity index (χ2n) is 5.58. The Morgan fingerprint density at radius 3 is 2.81 bits per heavy atom. The van der Waals surface area contributed by atoms with Crippen molar-refractivity contribution in [3.8, 4) is 22.4 Å². The lowest BCUT2D eigenvalue weighted by Crippen LogP contribution is -1.97. The Morgan fingerprint density at radius 2 is 2.08 bits per heavy atom. The molecule has 0 aliphatic rings. The molecule has 4 aromatic rings. The zero-order valence-corrected chi connectivity index (χ0v) is 14.6. The number of fused-ring (bicyclic) bond motifs is 1. The van der Waals surface area contributed by atoms with Crippen molar-refractivity contribution >= 4 is 34.2 Å². The van der Waals surface area contributed by atoms with Gasteiger partial charge < -0.3 is 16.0 Å². The molecule has 9 heteroatoms. The largest absolute Gasteiger partial charge is 0.398 e. The molecule has 5 N–H and O–H groups in total. The molecule has 0 fully saturated rings. The fraction of sp³-hybridized carbons (Fsp3) is 0.118. The lowest BCUT2D eigenvalue weighted by atomic mass is 10.0. The molecule has 132 valence electrons. The molecule has 0 amide bonds. The van der Waals surface area contributed by atoms with Crippen molar-refractivity contribution in [2.24, 2.45) is 0 Å². The van der Waals surface area contributed by atoms with E-state index in [4.69, 9.17) is 16.0 Å². The van der Waals surface area contributed by atoms with Crippen LogP contribution in [0.25, 0.3) is 33.4 Å². The molecule has 3 aromatic heterocycles. The maximum Gasteiger partial charge on any atom is 0.180 e. The van der Waals surface area contributed by atoms with Gasteiger partial charge in [0, 0.05) is 39.7 Å². The van der Waals surface area contributed by atoms with E-state index in [1.807, 2.05) is 6.92 Å². The minimum absolute atomic E-state index is 0.147. The van der Waals surface area contributed by atoms with Gasteiger partial charge in [-0.1, -0.05) is 12.1 Å². The molecular weight excluding hydrogens is 355 g/mol. The Labute approximate surface area is 152 Å². The van der Waals surface area contributed by atoms with Crippen molar-refractivity contribution in [1.82, 2.24) is 20.3 Å². The Kier molecular flexibility index (Phi) is 4.00. The summed E-state index contributed by atoms with van der Waals surface area (Å²) in [5, 5.41) is 11.0. The van der Waals surface area contributed by atoms with Crippen LogP contribution in [-0.4, -0.2) is 26.1 Å². The maximum absolute atomic E-state index is 14.7. The zero-order chi connectivity index (χ0) is 18.3. The van der Waals surface area contributed by atoms with Crippen LogP contribution in [0.15, 0.2) is 40.1 Å². The van der Waals surface area contributed by atoms with E-state index in [9.17, 15) is 4.39 Å².